The molecule has 7 nitrogen and oxygen atoms in total. The number of aromatic nitrogens is 2. The number of piperidine rings is 1. The quantitative estimate of drug-likeness (QED) is 0.499. The Labute approximate surface area is 178 Å². The number of oxazole rings is 1. The number of anilines is 1. The van der Waals surface area contributed by atoms with Crippen LogP contribution in [0.25, 0.3) is 22.0 Å². The van der Waals surface area contributed by atoms with Gasteiger partial charge in [0.1, 0.15) is 17.1 Å². The molecule has 0 N–H and O–H groups in total. The zero-order chi connectivity index (χ0) is 21.5. The van der Waals surface area contributed by atoms with Crippen LogP contribution < -0.4 is 10.5 Å². The van der Waals surface area contributed by atoms with E-state index in [9.17, 15) is 15.3 Å². The number of hydrogen-bond donors (Lipinski definition) is 0. The second kappa shape index (κ2) is 7.30. The number of hydrogen-bond acceptors (Lipinski definition) is 6. The molecule has 0 amide bonds. The van der Waals surface area contributed by atoms with Crippen molar-refractivity contribution in [2.24, 2.45) is 7.05 Å². The second-order valence-corrected chi connectivity index (χ2v) is 7.82. The number of benzene rings is 2. The summed E-state index contributed by atoms with van der Waals surface area (Å²) in [6, 6.07) is 17.2. The summed E-state index contributed by atoms with van der Waals surface area (Å²) in [6.07, 6.45) is 1.62. The monoisotopic (exact) mass is 409 g/mol. The number of aryl methyl sites for hydroxylation is 1. The molecule has 0 bridgehead atoms. The summed E-state index contributed by atoms with van der Waals surface area (Å²) in [5, 5.41) is 19.8. The van der Waals surface area contributed by atoms with Gasteiger partial charge in [0.15, 0.2) is 11.5 Å². The normalized spacial score (nSPS) is 14.6. The third kappa shape index (κ3) is 3.03. The molecule has 2 aromatic carbocycles. The van der Waals surface area contributed by atoms with Crippen molar-refractivity contribution >= 4 is 27.7 Å². The summed E-state index contributed by atoms with van der Waals surface area (Å²) in [5.41, 5.74) is 3.23. The van der Waals surface area contributed by atoms with Crippen molar-refractivity contribution in [1.82, 2.24) is 9.55 Å². The highest BCUT2D eigenvalue weighted by Gasteiger charge is 2.28. The third-order valence-electron chi connectivity index (χ3n) is 6.08. The highest BCUT2D eigenvalue weighted by atomic mass is 16.3. The van der Waals surface area contributed by atoms with E-state index < -0.39 is 0 Å². The third-order valence-corrected chi connectivity index (χ3v) is 6.08. The minimum Gasteiger partial charge on any atom is -0.440 e. The lowest BCUT2D eigenvalue weighted by Crippen LogP contribution is -2.35. The molecule has 2 aromatic heterocycles. The Bertz CT molecular complexity index is 1430. The standard InChI is InChI=1S/C24H19N5O2/c1-28-20-12-15(13-25)6-7-17(20)22(18(14-26)24(28)30)29-10-8-16(9-11-29)23-27-19-4-2-3-5-21(19)31-23/h2-7,12,16H,8-11H2,1H3. The van der Waals surface area contributed by atoms with Gasteiger partial charge in [-0.05, 0) is 43.2 Å². The summed E-state index contributed by atoms with van der Waals surface area (Å²) in [5.74, 6) is 0.936. The van der Waals surface area contributed by atoms with E-state index in [-0.39, 0.29) is 17.0 Å². The van der Waals surface area contributed by atoms with Gasteiger partial charge in [-0.3, -0.25) is 4.79 Å². The maximum Gasteiger partial charge on any atom is 0.270 e. The van der Waals surface area contributed by atoms with Crippen molar-refractivity contribution in [1.29, 1.82) is 10.5 Å². The molecule has 0 aliphatic carbocycles. The summed E-state index contributed by atoms with van der Waals surface area (Å²) >= 11 is 0. The molecule has 0 spiro atoms. The van der Waals surface area contributed by atoms with Crippen molar-refractivity contribution in [2.75, 3.05) is 18.0 Å². The highest BCUT2D eigenvalue weighted by Crippen LogP contribution is 2.35. The van der Waals surface area contributed by atoms with E-state index in [0.29, 0.717) is 29.9 Å². The van der Waals surface area contributed by atoms with Gasteiger partial charge in [0.25, 0.3) is 5.56 Å². The van der Waals surface area contributed by atoms with Crippen LogP contribution in [0.3, 0.4) is 0 Å². The van der Waals surface area contributed by atoms with Gasteiger partial charge in [0.2, 0.25) is 0 Å². The van der Waals surface area contributed by atoms with Crippen LogP contribution in [0.1, 0.15) is 35.8 Å². The molecule has 0 unspecified atom stereocenters. The molecular formula is C24H19N5O2. The van der Waals surface area contributed by atoms with Gasteiger partial charge in [-0.15, -0.1) is 0 Å². The maximum absolute atomic E-state index is 12.9. The van der Waals surface area contributed by atoms with Crippen molar-refractivity contribution in [2.45, 2.75) is 18.8 Å². The van der Waals surface area contributed by atoms with E-state index in [1.54, 1.807) is 19.2 Å². The van der Waals surface area contributed by atoms with E-state index in [1.807, 2.05) is 30.3 Å². The summed E-state index contributed by atoms with van der Waals surface area (Å²) < 4.78 is 7.41. The van der Waals surface area contributed by atoms with Gasteiger partial charge < -0.3 is 13.9 Å². The molecule has 31 heavy (non-hydrogen) atoms. The minimum absolute atomic E-state index is 0.139. The molecule has 7 heteroatoms. The molecular weight excluding hydrogens is 390 g/mol. The average Bonchev–Trinajstić information content (AvgIpc) is 3.25. The topological polar surface area (TPSA) is 98.8 Å². The van der Waals surface area contributed by atoms with Crippen LogP contribution in [-0.4, -0.2) is 22.6 Å². The van der Waals surface area contributed by atoms with Crippen LogP contribution >= 0.6 is 0 Å². The lowest BCUT2D eigenvalue weighted by atomic mass is 9.95. The first kappa shape index (κ1) is 18.9. The van der Waals surface area contributed by atoms with Crippen LogP contribution in [0, 0.1) is 22.7 Å². The first-order chi connectivity index (χ1) is 15.1. The molecule has 152 valence electrons. The minimum atomic E-state index is -0.346. The van der Waals surface area contributed by atoms with Crippen LogP contribution in [0.4, 0.5) is 5.69 Å². The molecule has 1 fully saturated rings. The summed E-state index contributed by atoms with van der Waals surface area (Å²) in [7, 11) is 1.63. The lowest BCUT2D eigenvalue weighted by Gasteiger charge is -2.33. The maximum atomic E-state index is 12.9. The number of pyridine rings is 1. The predicted molar refractivity (Wildman–Crippen MR) is 117 cm³/mol. The number of nitriles is 2. The fraction of sp³-hybridized carbons (Fsp3) is 0.250. The van der Waals surface area contributed by atoms with Gasteiger partial charge in [-0.25, -0.2) is 4.98 Å². The van der Waals surface area contributed by atoms with Crippen molar-refractivity contribution < 1.29 is 4.42 Å². The fourth-order valence-electron chi connectivity index (χ4n) is 4.44. The van der Waals surface area contributed by atoms with Crippen LogP contribution in [0.5, 0.6) is 0 Å². The van der Waals surface area contributed by atoms with E-state index in [2.05, 4.69) is 22.0 Å². The summed E-state index contributed by atoms with van der Waals surface area (Å²) in [4.78, 5) is 19.6. The first-order valence-electron chi connectivity index (χ1n) is 10.2. The van der Waals surface area contributed by atoms with E-state index in [4.69, 9.17) is 4.42 Å². The number of fused-ring (bicyclic) bond motifs is 2. The predicted octanol–water partition coefficient (Wildman–Crippen LogP) is 3.81. The zero-order valence-corrected chi connectivity index (χ0v) is 17.0. The summed E-state index contributed by atoms with van der Waals surface area (Å²) in [6.45, 7) is 1.36. The first-order valence-corrected chi connectivity index (χ1v) is 10.2. The van der Waals surface area contributed by atoms with E-state index >= 15 is 0 Å². The number of nitrogens with zero attached hydrogens (tertiary/aromatic N) is 5. The molecule has 0 atom stereocenters. The SMILES string of the molecule is Cn1c(=O)c(C#N)c(N2CCC(c3nc4ccccc4o3)CC2)c2ccc(C#N)cc21. The molecule has 5 rings (SSSR count). The largest absolute Gasteiger partial charge is 0.440 e. The molecule has 4 aromatic rings. The molecule has 1 aliphatic rings. The van der Waals surface area contributed by atoms with Gasteiger partial charge in [0.05, 0.1) is 22.8 Å². The fourth-order valence-corrected chi connectivity index (χ4v) is 4.44. The van der Waals surface area contributed by atoms with Crippen LogP contribution in [0.2, 0.25) is 0 Å². The Morgan fingerprint density at radius 1 is 1.10 bits per heavy atom. The second-order valence-electron chi connectivity index (χ2n) is 7.82. The van der Waals surface area contributed by atoms with E-state index in [1.165, 1.54) is 4.57 Å². The van der Waals surface area contributed by atoms with Gasteiger partial charge >= 0.3 is 0 Å². The van der Waals surface area contributed by atoms with Gasteiger partial charge in [0, 0.05) is 31.4 Å². The van der Waals surface area contributed by atoms with Crippen molar-refractivity contribution in [3.63, 3.8) is 0 Å². The van der Waals surface area contributed by atoms with Gasteiger partial charge in [-0.1, -0.05) is 12.1 Å². The molecule has 0 radical (unpaired) electrons. The Hall–Kier alpha value is -4.10. The Balaban J connectivity index is 1.52. The molecule has 0 saturated carbocycles. The highest BCUT2D eigenvalue weighted by molar-refractivity contribution is 5.95. The Kier molecular flexibility index (Phi) is 4.45. The molecule has 1 aliphatic heterocycles. The zero-order valence-electron chi connectivity index (χ0n) is 17.0. The molecule has 1 saturated heterocycles. The van der Waals surface area contributed by atoms with Crippen molar-refractivity contribution in [3.8, 4) is 12.1 Å². The molecule has 3 heterocycles. The van der Waals surface area contributed by atoms with Crippen molar-refractivity contribution in [3.05, 3.63) is 69.8 Å². The Morgan fingerprint density at radius 3 is 2.58 bits per heavy atom. The van der Waals surface area contributed by atoms with Crippen LogP contribution in [0.15, 0.2) is 51.7 Å². The number of rotatable bonds is 2. The van der Waals surface area contributed by atoms with Gasteiger partial charge in [-0.2, -0.15) is 10.5 Å². The Morgan fingerprint density at radius 2 is 1.87 bits per heavy atom. The number of para-hydroxylation sites is 2. The van der Waals surface area contributed by atoms with E-state index in [0.717, 1.165) is 35.2 Å². The van der Waals surface area contributed by atoms with Crippen LogP contribution in [-0.2, 0) is 7.05 Å². The smallest absolute Gasteiger partial charge is 0.270 e. The lowest BCUT2D eigenvalue weighted by molar-refractivity contribution is 0.407. The average molecular weight is 409 g/mol.